The molecule has 1 N–H and O–H groups in total. The highest BCUT2D eigenvalue weighted by atomic mass is 79.9. The van der Waals surface area contributed by atoms with Crippen molar-refractivity contribution in [2.45, 2.75) is 45.8 Å². The Labute approximate surface area is 199 Å². The molecule has 2 aromatic carbocycles. The summed E-state index contributed by atoms with van der Waals surface area (Å²) in [6.45, 7) is 5.75. The Balaban J connectivity index is 2.18. The van der Waals surface area contributed by atoms with Crippen LogP contribution < -0.4 is 10.1 Å². The van der Waals surface area contributed by atoms with Gasteiger partial charge in [0.25, 0.3) is 5.91 Å². The molecule has 0 fully saturated rings. The first-order valence-electron chi connectivity index (χ1n) is 9.63. The lowest BCUT2D eigenvalue weighted by Crippen LogP contribution is -2.50. The number of hydrogen-bond acceptors (Lipinski definition) is 3. The smallest absolute Gasteiger partial charge is 0.261 e. The van der Waals surface area contributed by atoms with Crippen LogP contribution in [-0.4, -0.2) is 35.4 Å². The monoisotopic (exact) mass is 558 g/mol. The van der Waals surface area contributed by atoms with Crippen LogP contribution in [0, 0.1) is 0 Å². The number of nitrogens with zero attached hydrogens (tertiary/aromatic N) is 1. The van der Waals surface area contributed by atoms with Gasteiger partial charge in [0.15, 0.2) is 6.61 Å². The molecule has 0 heterocycles. The first-order valence-corrected chi connectivity index (χ1v) is 11.6. The molecule has 0 unspecified atom stereocenters. The highest BCUT2D eigenvalue weighted by molar-refractivity contribution is 9.10. The molecule has 0 saturated carbocycles. The quantitative estimate of drug-likeness (QED) is 0.436. The fourth-order valence-corrected chi connectivity index (χ4v) is 3.94. The Morgan fingerprint density at radius 2 is 1.90 bits per heavy atom. The van der Waals surface area contributed by atoms with Crippen LogP contribution >= 0.6 is 43.5 Å². The van der Waals surface area contributed by atoms with E-state index in [1.165, 1.54) is 4.90 Å². The van der Waals surface area contributed by atoms with Crippen molar-refractivity contribution in [1.29, 1.82) is 0 Å². The fourth-order valence-electron chi connectivity index (χ4n) is 2.69. The van der Waals surface area contributed by atoms with E-state index < -0.39 is 6.04 Å². The second-order valence-corrected chi connectivity index (χ2v) is 9.22. The molecular formula is C22H25Br2ClN2O3. The number of rotatable bonds is 9. The van der Waals surface area contributed by atoms with Crippen LogP contribution in [0.2, 0.25) is 5.02 Å². The van der Waals surface area contributed by atoms with Crippen LogP contribution in [0.4, 0.5) is 0 Å². The summed E-state index contributed by atoms with van der Waals surface area (Å²) in [5.74, 6) is 0.0239. The van der Waals surface area contributed by atoms with Gasteiger partial charge in [-0.2, -0.15) is 0 Å². The lowest BCUT2D eigenvalue weighted by atomic mass is 10.1. The number of carbonyl (C=O) groups excluding carboxylic acids is 2. The lowest BCUT2D eigenvalue weighted by Gasteiger charge is -2.29. The Bertz CT molecular complexity index is 894. The van der Waals surface area contributed by atoms with Crippen LogP contribution in [0.1, 0.15) is 32.8 Å². The predicted molar refractivity (Wildman–Crippen MR) is 127 cm³/mol. The van der Waals surface area contributed by atoms with Gasteiger partial charge in [-0.05, 0) is 72.1 Å². The molecule has 30 heavy (non-hydrogen) atoms. The van der Waals surface area contributed by atoms with Crippen LogP contribution in [-0.2, 0) is 16.1 Å². The average molecular weight is 561 g/mol. The number of hydrogen-bond donors (Lipinski definition) is 1. The van der Waals surface area contributed by atoms with Crippen LogP contribution in [0.15, 0.2) is 51.4 Å². The SMILES string of the molecule is CC[C@H](C)NC(=O)[C@@H](C)N(Cc1cccc(Br)c1)C(=O)COc1ccc(Cl)cc1Br. The third-order valence-corrected chi connectivity index (χ3v) is 6.00. The van der Waals surface area contributed by atoms with Gasteiger partial charge in [-0.3, -0.25) is 9.59 Å². The molecule has 2 atom stereocenters. The third-order valence-electron chi connectivity index (χ3n) is 4.66. The average Bonchev–Trinajstić information content (AvgIpc) is 2.70. The third kappa shape index (κ3) is 7.29. The predicted octanol–water partition coefficient (Wildman–Crippen LogP) is 5.58. The molecule has 0 spiro atoms. The molecule has 8 heteroatoms. The highest BCUT2D eigenvalue weighted by Crippen LogP contribution is 2.28. The van der Waals surface area contributed by atoms with Crippen LogP contribution in [0.5, 0.6) is 5.75 Å². The van der Waals surface area contributed by atoms with Crippen molar-refractivity contribution in [2.24, 2.45) is 0 Å². The Morgan fingerprint density at radius 1 is 1.17 bits per heavy atom. The summed E-state index contributed by atoms with van der Waals surface area (Å²) in [5.41, 5.74) is 0.911. The topological polar surface area (TPSA) is 58.6 Å². The lowest BCUT2D eigenvalue weighted by molar-refractivity contribution is -0.142. The first kappa shape index (κ1) is 24.7. The van der Waals surface area contributed by atoms with Gasteiger partial charge in [-0.25, -0.2) is 0 Å². The molecule has 0 aliphatic heterocycles. The number of halogens is 3. The zero-order valence-electron chi connectivity index (χ0n) is 17.1. The maximum absolute atomic E-state index is 13.1. The molecule has 0 aromatic heterocycles. The van der Waals surface area contributed by atoms with Gasteiger partial charge < -0.3 is 15.0 Å². The van der Waals surface area contributed by atoms with Crippen LogP contribution in [0.25, 0.3) is 0 Å². The normalized spacial score (nSPS) is 12.7. The van der Waals surface area contributed by atoms with Gasteiger partial charge in [-0.15, -0.1) is 0 Å². The molecule has 0 saturated heterocycles. The number of amides is 2. The van der Waals surface area contributed by atoms with Gasteiger partial charge in [0, 0.05) is 22.1 Å². The summed E-state index contributed by atoms with van der Waals surface area (Å²) in [6, 6.07) is 12.1. The minimum atomic E-state index is -0.650. The Hall–Kier alpha value is -1.57. The molecule has 2 aromatic rings. The van der Waals surface area contributed by atoms with E-state index >= 15 is 0 Å². The zero-order valence-corrected chi connectivity index (χ0v) is 21.1. The van der Waals surface area contributed by atoms with E-state index in [9.17, 15) is 9.59 Å². The van der Waals surface area contributed by atoms with E-state index in [2.05, 4.69) is 37.2 Å². The molecular weight excluding hydrogens is 536 g/mol. The molecule has 0 radical (unpaired) electrons. The number of carbonyl (C=O) groups is 2. The molecule has 5 nitrogen and oxygen atoms in total. The van der Waals surface area contributed by atoms with E-state index in [0.717, 1.165) is 16.5 Å². The molecule has 162 valence electrons. The van der Waals surface area contributed by atoms with E-state index in [0.29, 0.717) is 21.8 Å². The summed E-state index contributed by atoms with van der Waals surface area (Å²) in [5, 5.41) is 3.51. The molecule has 0 aliphatic rings. The summed E-state index contributed by atoms with van der Waals surface area (Å²) < 4.78 is 7.25. The summed E-state index contributed by atoms with van der Waals surface area (Å²) in [6.07, 6.45) is 0.811. The minimum Gasteiger partial charge on any atom is -0.483 e. The van der Waals surface area contributed by atoms with E-state index in [1.54, 1.807) is 25.1 Å². The van der Waals surface area contributed by atoms with Crippen molar-refractivity contribution in [3.05, 3.63) is 62.0 Å². The Morgan fingerprint density at radius 3 is 2.53 bits per heavy atom. The maximum Gasteiger partial charge on any atom is 0.261 e. The molecule has 2 rings (SSSR count). The van der Waals surface area contributed by atoms with Crippen molar-refractivity contribution in [3.63, 3.8) is 0 Å². The summed E-state index contributed by atoms with van der Waals surface area (Å²) in [4.78, 5) is 27.3. The summed E-state index contributed by atoms with van der Waals surface area (Å²) in [7, 11) is 0. The maximum atomic E-state index is 13.1. The van der Waals surface area contributed by atoms with Gasteiger partial charge in [0.1, 0.15) is 11.8 Å². The number of ether oxygens (including phenoxy) is 1. The van der Waals surface area contributed by atoms with E-state index in [-0.39, 0.29) is 24.5 Å². The van der Waals surface area contributed by atoms with Crippen LogP contribution in [0.3, 0.4) is 0 Å². The molecule has 0 bridgehead atoms. The second-order valence-electron chi connectivity index (χ2n) is 7.01. The van der Waals surface area contributed by atoms with Gasteiger partial charge in [-0.1, -0.05) is 46.6 Å². The second kappa shape index (κ2) is 11.7. The number of benzene rings is 2. The standard InChI is InChI=1S/C22H25Br2ClN2O3/c1-4-14(2)26-22(29)15(3)27(12-16-6-5-7-17(23)10-16)21(28)13-30-20-9-8-18(25)11-19(20)24/h5-11,14-15H,4,12-13H2,1-3H3,(H,26,29)/t14-,15+/m0/s1. The van der Waals surface area contributed by atoms with E-state index in [4.69, 9.17) is 16.3 Å². The number of nitrogens with one attached hydrogen (secondary N) is 1. The van der Waals surface area contributed by atoms with Crippen molar-refractivity contribution in [3.8, 4) is 5.75 Å². The van der Waals surface area contributed by atoms with Crippen molar-refractivity contribution >= 4 is 55.3 Å². The van der Waals surface area contributed by atoms with E-state index in [1.807, 2.05) is 38.1 Å². The molecule has 2 amide bonds. The van der Waals surface area contributed by atoms with Gasteiger partial charge >= 0.3 is 0 Å². The van der Waals surface area contributed by atoms with Gasteiger partial charge in [0.05, 0.1) is 4.47 Å². The fraction of sp³-hybridized carbons (Fsp3) is 0.364. The minimum absolute atomic E-state index is 0.0315. The van der Waals surface area contributed by atoms with Crippen molar-refractivity contribution < 1.29 is 14.3 Å². The first-order chi connectivity index (χ1) is 14.2. The summed E-state index contributed by atoms with van der Waals surface area (Å²) >= 11 is 12.8. The zero-order chi connectivity index (χ0) is 22.3. The highest BCUT2D eigenvalue weighted by Gasteiger charge is 2.27. The van der Waals surface area contributed by atoms with Crippen molar-refractivity contribution in [1.82, 2.24) is 10.2 Å². The largest absolute Gasteiger partial charge is 0.483 e. The van der Waals surface area contributed by atoms with Crippen molar-refractivity contribution in [2.75, 3.05) is 6.61 Å². The van der Waals surface area contributed by atoms with Gasteiger partial charge in [0.2, 0.25) is 5.91 Å². The Kier molecular flexibility index (Phi) is 9.65. The molecule has 0 aliphatic carbocycles.